The van der Waals surface area contributed by atoms with Crippen LogP contribution in [0.1, 0.15) is 23.2 Å². The van der Waals surface area contributed by atoms with Crippen molar-refractivity contribution in [1.82, 2.24) is 19.6 Å². The van der Waals surface area contributed by atoms with Gasteiger partial charge in [0.05, 0.1) is 0 Å². The number of nitrogens with one attached hydrogen (secondary N) is 1. The van der Waals surface area contributed by atoms with Crippen LogP contribution < -0.4 is 10.1 Å². The molecule has 0 spiro atoms. The molecule has 1 aromatic carbocycles. The number of aryl methyl sites for hydroxylation is 1. The maximum atomic E-state index is 12.3. The summed E-state index contributed by atoms with van der Waals surface area (Å²) in [5, 5.41) is 6.94. The molecule has 7 heteroatoms. The summed E-state index contributed by atoms with van der Waals surface area (Å²) >= 11 is 0. The molecule has 0 fully saturated rings. The Kier molecular flexibility index (Phi) is 4.24. The average molecular weight is 323 g/mol. The summed E-state index contributed by atoms with van der Waals surface area (Å²) in [5.74, 6) is 0.692. The zero-order chi connectivity index (χ0) is 17.1. The van der Waals surface area contributed by atoms with E-state index in [0.29, 0.717) is 23.8 Å². The van der Waals surface area contributed by atoms with E-state index in [1.54, 1.807) is 30.5 Å². The Labute approximate surface area is 139 Å². The Balaban J connectivity index is 1.77. The smallest absolute Gasteiger partial charge is 0.295 e. The number of fused-ring (bicyclic) bond motifs is 1. The lowest BCUT2D eigenvalue weighted by Crippen LogP contribution is -2.14. The average Bonchev–Trinajstić information content (AvgIpc) is 2.99. The first kappa shape index (κ1) is 15.7. The van der Waals surface area contributed by atoms with Crippen LogP contribution in [0.4, 0.5) is 5.69 Å². The first-order valence-electron chi connectivity index (χ1n) is 7.40. The van der Waals surface area contributed by atoms with E-state index in [2.05, 4.69) is 27.0 Å². The van der Waals surface area contributed by atoms with Gasteiger partial charge in [0.1, 0.15) is 12.4 Å². The minimum Gasteiger partial charge on any atom is -0.489 e. The summed E-state index contributed by atoms with van der Waals surface area (Å²) in [4.78, 5) is 20.6. The molecule has 0 atom stereocenters. The Morgan fingerprint density at radius 3 is 2.96 bits per heavy atom. The largest absolute Gasteiger partial charge is 0.489 e. The SMILES string of the molecule is C=C(C)COc1cccc(NC(=O)c2nc3nccc(C)n3n2)c1. The first-order valence-corrected chi connectivity index (χ1v) is 7.40. The molecular weight excluding hydrogens is 306 g/mol. The lowest BCUT2D eigenvalue weighted by atomic mass is 10.3. The van der Waals surface area contributed by atoms with Crippen LogP contribution in [0.5, 0.6) is 5.75 Å². The van der Waals surface area contributed by atoms with Gasteiger partial charge >= 0.3 is 0 Å². The maximum absolute atomic E-state index is 12.3. The Morgan fingerprint density at radius 2 is 2.21 bits per heavy atom. The molecule has 0 aliphatic carbocycles. The van der Waals surface area contributed by atoms with Gasteiger partial charge in [-0.15, -0.1) is 5.10 Å². The molecule has 0 aliphatic rings. The molecule has 24 heavy (non-hydrogen) atoms. The van der Waals surface area contributed by atoms with Crippen LogP contribution in [0.3, 0.4) is 0 Å². The second-order valence-electron chi connectivity index (χ2n) is 5.46. The normalized spacial score (nSPS) is 10.6. The number of hydrogen-bond acceptors (Lipinski definition) is 5. The Morgan fingerprint density at radius 1 is 1.38 bits per heavy atom. The van der Waals surface area contributed by atoms with Crippen LogP contribution in [-0.4, -0.2) is 32.1 Å². The van der Waals surface area contributed by atoms with Gasteiger partial charge in [0.2, 0.25) is 5.82 Å². The molecule has 0 radical (unpaired) electrons. The summed E-state index contributed by atoms with van der Waals surface area (Å²) in [6, 6.07) is 8.91. The van der Waals surface area contributed by atoms with Gasteiger partial charge in [-0.1, -0.05) is 12.6 Å². The second kappa shape index (κ2) is 6.49. The molecule has 1 N–H and O–H groups in total. The number of hydrogen-bond donors (Lipinski definition) is 1. The van der Waals surface area contributed by atoms with Gasteiger partial charge in [0.25, 0.3) is 11.7 Å². The van der Waals surface area contributed by atoms with Crippen molar-refractivity contribution in [1.29, 1.82) is 0 Å². The molecule has 3 rings (SSSR count). The predicted molar refractivity (Wildman–Crippen MR) is 90.2 cm³/mol. The van der Waals surface area contributed by atoms with Gasteiger partial charge in [-0.3, -0.25) is 4.79 Å². The Hall–Kier alpha value is -3.22. The molecule has 1 amide bonds. The summed E-state index contributed by atoms with van der Waals surface area (Å²) in [5.41, 5.74) is 2.37. The van der Waals surface area contributed by atoms with E-state index >= 15 is 0 Å². The lowest BCUT2D eigenvalue weighted by Gasteiger charge is -2.08. The van der Waals surface area contributed by atoms with E-state index in [4.69, 9.17) is 4.74 Å². The molecular formula is C17H17N5O2. The van der Waals surface area contributed by atoms with Crippen molar-refractivity contribution in [2.45, 2.75) is 13.8 Å². The van der Waals surface area contributed by atoms with Crippen molar-refractivity contribution in [2.75, 3.05) is 11.9 Å². The number of rotatable bonds is 5. The highest BCUT2D eigenvalue weighted by molar-refractivity contribution is 6.01. The van der Waals surface area contributed by atoms with Crippen LogP contribution in [0.2, 0.25) is 0 Å². The highest BCUT2D eigenvalue weighted by Crippen LogP contribution is 2.18. The van der Waals surface area contributed by atoms with Crippen LogP contribution >= 0.6 is 0 Å². The fourth-order valence-electron chi connectivity index (χ4n) is 2.06. The summed E-state index contributed by atoms with van der Waals surface area (Å²) in [7, 11) is 0. The number of nitrogens with zero attached hydrogens (tertiary/aromatic N) is 4. The van der Waals surface area contributed by atoms with Crippen LogP contribution in [-0.2, 0) is 0 Å². The van der Waals surface area contributed by atoms with Gasteiger partial charge in [0, 0.05) is 23.6 Å². The Bertz CT molecular complexity index is 916. The molecule has 0 saturated carbocycles. The summed E-state index contributed by atoms with van der Waals surface area (Å²) < 4.78 is 7.09. The standard InChI is InChI=1S/C17H17N5O2/c1-11(2)10-24-14-6-4-5-13(9-14)19-16(23)15-20-17-18-8-7-12(3)22(17)21-15/h4-9H,1,10H2,2-3H3,(H,19,23). The fourth-order valence-corrected chi connectivity index (χ4v) is 2.06. The quantitative estimate of drug-likeness (QED) is 0.730. The zero-order valence-corrected chi connectivity index (χ0v) is 13.5. The maximum Gasteiger partial charge on any atom is 0.295 e. The zero-order valence-electron chi connectivity index (χ0n) is 13.5. The van der Waals surface area contributed by atoms with Gasteiger partial charge in [-0.25, -0.2) is 9.50 Å². The van der Waals surface area contributed by atoms with Crippen LogP contribution in [0.15, 0.2) is 48.7 Å². The van der Waals surface area contributed by atoms with E-state index in [1.807, 2.05) is 19.9 Å². The van der Waals surface area contributed by atoms with Crippen molar-refractivity contribution >= 4 is 17.4 Å². The molecule has 0 aliphatic heterocycles. The van der Waals surface area contributed by atoms with E-state index in [1.165, 1.54) is 4.52 Å². The number of aromatic nitrogens is 4. The van der Waals surface area contributed by atoms with Crippen LogP contribution in [0, 0.1) is 6.92 Å². The molecule has 2 aromatic heterocycles. The summed E-state index contributed by atoms with van der Waals surface area (Å²) in [6.07, 6.45) is 1.63. The van der Waals surface area contributed by atoms with Crippen molar-refractivity contribution in [3.63, 3.8) is 0 Å². The molecule has 0 bridgehead atoms. The number of amides is 1. The monoisotopic (exact) mass is 323 g/mol. The number of carbonyl (C=O) groups excluding carboxylic acids is 1. The molecule has 3 aromatic rings. The fraction of sp³-hybridized carbons (Fsp3) is 0.176. The van der Waals surface area contributed by atoms with Crippen molar-refractivity contribution in [3.05, 3.63) is 60.2 Å². The third-order valence-corrected chi connectivity index (χ3v) is 3.21. The topological polar surface area (TPSA) is 81.4 Å². The van der Waals surface area contributed by atoms with Gasteiger partial charge in [0.15, 0.2) is 0 Å². The minimum atomic E-state index is -0.406. The van der Waals surface area contributed by atoms with Crippen LogP contribution in [0.25, 0.3) is 5.78 Å². The highest BCUT2D eigenvalue weighted by Gasteiger charge is 2.14. The highest BCUT2D eigenvalue weighted by atomic mass is 16.5. The van der Waals surface area contributed by atoms with Crippen molar-refractivity contribution in [3.8, 4) is 5.75 Å². The third kappa shape index (κ3) is 3.40. The predicted octanol–water partition coefficient (Wildman–Crippen LogP) is 2.64. The molecule has 7 nitrogen and oxygen atoms in total. The van der Waals surface area contributed by atoms with E-state index in [0.717, 1.165) is 11.3 Å². The number of ether oxygens (including phenoxy) is 1. The van der Waals surface area contributed by atoms with Gasteiger partial charge in [-0.2, -0.15) is 4.98 Å². The number of benzene rings is 1. The lowest BCUT2D eigenvalue weighted by molar-refractivity contribution is 0.101. The third-order valence-electron chi connectivity index (χ3n) is 3.21. The molecule has 122 valence electrons. The first-order chi connectivity index (χ1) is 11.5. The van der Waals surface area contributed by atoms with Crippen molar-refractivity contribution < 1.29 is 9.53 Å². The number of carbonyl (C=O) groups is 1. The molecule has 0 saturated heterocycles. The van der Waals surface area contributed by atoms with Gasteiger partial charge in [-0.05, 0) is 37.6 Å². The van der Waals surface area contributed by atoms with E-state index < -0.39 is 5.91 Å². The summed E-state index contributed by atoms with van der Waals surface area (Å²) in [6.45, 7) is 7.97. The molecule has 0 unspecified atom stereocenters. The second-order valence-corrected chi connectivity index (χ2v) is 5.46. The van der Waals surface area contributed by atoms with E-state index in [-0.39, 0.29) is 5.82 Å². The molecule has 2 heterocycles. The van der Waals surface area contributed by atoms with Gasteiger partial charge < -0.3 is 10.1 Å². The van der Waals surface area contributed by atoms with E-state index in [9.17, 15) is 4.79 Å². The minimum absolute atomic E-state index is 0.0602. The van der Waals surface area contributed by atoms with Crippen molar-refractivity contribution in [2.24, 2.45) is 0 Å². The number of anilines is 1.